The molecule has 72 valence electrons. The molecule has 0 spiro atoms. The van der Waals surface area contributed by atoms with E-state index in [9.17, 15) is 0 Å². The topological polar surface area (TPSA) is 61.3 Å². The molecule has 1 aromatic heterocycles. The van der Waals surface area contributed by atoms with Gasteiger partial charge in [-0.2, -0.15) is 0 Å². The van der Waals surface area contributed by atoms with E-state index in [0.29, 0.717) is 18.3 Å². The lowest BCUT2D eigenvalue weighted by molar-refractivity contribution is 0.0719. The molecule has 1 fully saturated rings. The number of halogens is 1. The number of aromatic nitrogens is 1. The first-order valence-corrected chi connectivity index (χ1v) is 5.06. The van der Waals surface area contributed by atoms with Crippen LogP contribution in [0.1, 0.15) is 24.5 Å². The van der Waals surface area contributed by atoms with Crippen LogP contribution in [-0.2, 0) is 4.74 Å². The van der Waals surface area contributed by atoms with Crippen LogP contribution in [0.3, 0.4) is 0 Å². The number of nitrogens with zero attached hydrogens (tertiary/aromatic N) is 1. The Labute approximate surface area is 84.5 Å². The normalized spacial score (nSPS) is 23.3. The highest BCUT2D eigenvalue weighted by Gasteiger charge is 2.24. The summed E-state index contributed by atoms with van der Waals surface area (Å²) in [5, 5.41) is 3.69. The van der Waals surface area contributed by atoms with Gasteiger partial charge in [-0.15, -0.1) is 0 Å². The van der Waals surface area contributed by atoms with Gasteiger partial charge < -0.3 is 15.0 Å². The highest BCUT2D eigenvalue weighted by atomic mass is 79.9. The fourth-order valence-electron chi connectivity index (χ4n) is 1.51. The summed E-state index contributed by atoms with van der Waals surface area (Å²) in [6.07, 6.45) is 2.14. The second-order valence-corrected chi connectivity index (χ2v) is 3.95. The number of ether oxygens (including phenoxy) is 1. The predicted octanol–water partition coefficient (Wildman–Crippen LogP) is 1.91. The summed E-state index contributed by atoms with van der Waals surface area (Å²) in [5.41, 5.74) is 5.55. The van der Waals surface area contributed by atoms with Crippen LogP contribution in [0.4, 0.5) is 5.82 Å². The molecule has 0 saturated carbocycles. The summed E-state index contributed by atoms with van der Waals surface area (Å²) >= 11 is 3.35. The summed E-state index contributed by atoms with van der Waals surface area (Å²) < 4.78 is 11.3. The van der Waals surface area contributed by atoms with E-state index in [1.807, 2.05) is 0 Å². The van der Waals surface area contributed by atoms with Gasteiger partial charge in [-0.05, 0) is 28.8 Å². The Hall–Kier alpha value is -0.550. The van der Waals surface area contributed by atoms with Gasteiger partial charge in [0.15, 0.2) is 11.6 Å². The van der Waals surface area contributed by atoms with Crippen molar-refractivity contribution in [2.75, 3.05) is 18.9 Å². The number of rotatable bonds is 1. The van der Waals surface area contributed by atoms with Gasteiger partial charge >= 0.3 is 0 Å². The Balaban J connectivity index is 2.18. The minimum atomic E-state index is 0.299. The molecule has 4 nitrogen and oxygen atoms in total. The zero-order valence-electron chi connectivity index (χ0n) is 7.12. The second kappa shape index (κ2) is 3.67. The first kappa shape index (κ1) is 9.02. The van der Waals surface area contributed by atoms with E-state index >= 15 is 0 Å². The molecule has 0 aliphatic carbocycles. The zero-order chi connectivity index (χ0) is 9.26. The average molecular weight is 247 g/mol. The Morgan fingerprint density at radius 2 is 2.38 bits per heavy atom. The molecule has 0 amide bonds. The quantitative estimate of drug-likeness (QED) is 0.823. The summed E-state index contributed by atoms with van der Waals surface area (Å²) in [7, 11) is 0. The molecule has 2 heterocycles. The van der Waals surface area contributed by atoms with Crippen LogP contribution in [0.2, 0.25) is 0 Å². The number of nitrogens with two attached hydrogens (primary N) is 1. The molecule has 0 radical (unpaired) electrons. The molecule has 1 aliphatic rings. The monoisotopic (exact) mass is 246 g/mol. The lowest BCUT2D eigenvalue weighted by atomic mass is 10.00. The van der Waals surface area contributed by atoms with Gasteiger partial charge in [0, 0.05) is 12.5 Å². The van der Waals surface area contributed by atoms with Crippen molar-refractivity contribution in [2.45, 2.75) is 18.8 Å². The molecule has 1 atom stereocenters. The Bertz CT molecular complexity index is 294. The summed E-state index contributed by atoms with van der Waals surface area (Å²) in [6, 6.07) is 0. The van der Waals surface area contributed by atoms with Crippen molar-refractivity contribution in [3.8, 4) is 0 Å². The van der Waals surface area contributed by atoms with Gasteiger partial charge in [0.25, 0.3) is 0 Å². The van der Waals surface area contributed by atoms with Crippen LogP contribution < -0.4 is 5.73 Å². The third-order valence-electron chi connectivity index (χ3n) is 2.21. The molecule has 1 unspecified atom stereocenters. The molecule has 2 rings (SSSR count). The largest absolute Gasteiger partial charge is 0.381 e. The van der Waals surface area contributed by atoms with Crippen molar-refractivity contribution in [3.05, 3.63) is 10.2 Å². The van der Waals surface area contributed by atoms with Crippen molar-refractivity contribution < 1.29 is 9.26 Å². The van der Waals surface area contributed by atoms with Gasteiger partial charge in [-0.1, -0.05) is 5.16 Å². The third-order valence-corrected chi connectivity index (χ3v) is 3.01. The highest BCUT2D eigenvalue weighted by molar-refractivity contribution is 9.10. The van der Waals surface area contributed by atoms with E-state index < -0.39 is 0 Å². The number of anilines is 1. The lowest BCUT2D eigenvalue weighted by Crippen LogP contribution is -2.15. The first-order valence-electron chi connectivity index (χ1n) is 4.27. The SMILES string of the molecule is Nc1noc(C2CCCOC2)c1Br. The van der Waals surface area contributed by atoms with Crippen molar-refractivity contribution in [2.24, 2.45) is 0 Å². The van der Waals surface area contributed by atoms with Crippen LogP contribution in [0.15, 0.2) is 9.00 Å². The van der Waals surface area contributed by atoms with E-state index in [4.69, 9.17) is 15.0 Å². The van der Waals surface area contributed by atoms with E-state index in [2.05, 4.69) is 21.1 Å². The van der Waals surface area contributed by atoms with Crippen LogP contribution in [0.25, 0.3) is 0 Å². The maximum absolute atomic E-state index is 5.55. The van der Waals surface area contributed by atoms with Crippen molar-refractivity contribution in [1.29, 1.82) is 0 Å². The lowest BCUT2D eigenvalue weighted by Gasteiger charge is -2.19. The molecule has 1 saturated heterocycles. The maximum atomic E-state index is 5.55. The molecule has 5 heteroatoms. The van der Waals surface area contributed by atoms with E-state index in [1.165, 1.54) is 0 Å². The molecule has 2 N–H and O–H groups in total. The van der Waals surface area contributed by atoms with Gasteiger partial charge in [0.2, 0.25) is 0 Å². The molecule has 1 aromatic rings. The Morgan fingerprint density at radius 1 is 1.54 bits per heavy atom. The summed E-state index contributed by atoms with van der Waals surface area (Å²) in [5.74, 6) is 1.53. The van der Waals surface area contributed by atoms with Gasteiger partial charge in [0.05, 0.1) is 6.61 Å². The molecule has 1 aliphatic heterocycles. The van der Waals surface area contributed by atoms with Gasteiger partial charge in [-0.25, -0.2) is 0 Å². The molecular weight excluding hydrogens is 236 g/mol. The van der Waals surface area contributed by atoms with Crippen molar-refractivity contribution in [1.82, 2.24) is 5.16 Å². The van der Waals surface area contributed by atoms with Crippen LogP contribution in [0, 0.1) is 0 Å². The maximum Gasteiger partial charge on any atom is 0.181 e. The van der Waals surface area contributed by atoms with E-state index in [-0.39, 0.29) is 0 Å². The van der Waals surface area contributed by atoms with Gasteiger partial charge in [0.1, 0.15) is 4.47 Å². The number of nitrogen functional groups attached to an aromatic ring is 1. The van der Waals surface area contributed by atoms with Crippen LogP contribution in [0.5, 0.6) is 0 Å². The molecular formula is C8H11BrN2O2. The fourth-order valence-corrected chi connectivity index (χ4v) is 1.97. The van der Waals surface area contributed by atoms with Crippen LogP contribution in [-0.4, -0.2) is 18.4 Å². The molecule has 0 bridgehead atoms. The zero-order valence-corrected chi connectivity index (χ0v) is 8.71. The first-order chi connectivity index (χ1) is 6.29. The van der Waals surface area contributed by atoms with E-state index in [1.54, 1.807) is 0 Å². The van der Waals surface area contributed by atoms with Crippen LogP contribution >= 0.6 is 15.9 Å². The van der Waals surface area contributed by atoms with Crippen molar-refractivity contribution >= 4 is 21.7 Å². The molecule has 13 heavy (non-hydrogen) atoms. The third kappa shape index (κ3) is 1.71. The standard InChI is InChI=1S/C8H11BrN2O2/c9-6-7(13-11-8(6)10)5-2-1-3-12-4-5/h5H,1-4H2,(H2,10,11). The van der Waals surface area contributed by atoms with Crippen molar-refractivity contribution in [3.63, 3.8) is 0 Å². The van der Waals surface area contributed by atoms with Gasteiger partial charge in [-0.3, -0.25) is 0 Å². The summed E-state index contributed by atoms with van der Waals surface area (Å²) in [4.78, 5) is 0. The fraction of sp³-hybridized carbons (Fsp3) is 0.625. The summed E-state index contributed by atoms with van der Waals surface area (Å²) in [6.45, 7) is 1.55. The minimum absolute atomic E-state index is 0.299. The average Bonchev–Trinajstić information content (AvgIpc) is 2.49. The molecule has 0 aromatic carbocycles. The number of hydrogen-bond acceptors (Lipinski definition) is 4. The Morgan fingerprint density at radius 3 is 2.92 bits per heavy atom. The van der Waals surface area contributed by atoms with E-state index in [0.717, 1.165) is 29.7 Å². The Kier molecular flexibility index (Phi) is 2.55. The second-order valence-electron chi connectivity index (χ2n) is 3.16. The predicted molar refractivity (Wildman–Crippen MR) is 51.4 cm³/mol. The highest BCUT2D eigenvalue weighted by Crippen LogP contribution is 2.33. The smallest absolute Gasteiger partial charge is 0.181 e. The minimum Gasteiger partial charge on any atom is -0.381 e. The number of hydrogen-bond donors (Lipinski definition) is 1.